The highest BCUT2D eigenvalue weighted by Crippen LogP contribution is 2.13. The monoisotopic (exact) mass is 403 g/mol. The third kappa shape index (κ3) is 9.28. The van der Waals surface area contributed by atoms with Gasteiger partial charge in [0.05, 0.1) is 0 Å². The number of piperidine rings is 1. The van der Waals surface area contributed by atoms with E-state index >= 15 is 0 Å². The van der Waals surface area contributed by atoms with Crippen molar-refractivity contribution in [2.75, 3.05) is 53.5 Å². The molecule has 1 aromatic carbocycles. The average Bonchev–Trinajstić information content (AvgIpc) is 2.72. The molecule has 0 saturated carbocycles. The van der Waals surface area contributed by atoms with E-state index in [-0.39, 0.29) is 12.5 Å². The lowest BCUT2D eigenvalue weighted by atomic mass is 10.0. The number of ether oxygens (including phenoxy) is 1. The van der Waals surface area contributed by atoms with Gasteiger partial charge in [-0.15, -0.1) is 0 Å². The minimum absolute atomic E-state index is 0.00485. The maximum Gasteiger partial charge on any atom is 0.243 e. The molecule has 0 aromatic heterocycles. The molecule has 1 aliphatic rings. The van der Waals surface area contributed by atoms with Gasteiger partial charge in [-0.2, -0.15) is 0 Å². The minimum atomic E-state index is -0.00485. The molecule has 2 N–H and O–H groups in total. The lowest BCUT2D eigenvalue weighted by Crippen LogP contribution is -2.51. The molecule has 1 aromatic rings. The van der Waals surface area contributed by atoms with Crippen molar-refractivity contribution in [3.05, 3.63) is 35.9 Å². The highest BCUT2D eigenvalue weighted by molar-refractivity contribution is 5.84. The molecule has 29 heavy (non-hydrogen) atoms. The molecule has 1 aliphatic heterocycles. The van der Waals surface area contributed by atoms with E-state index < -0.39 is 0 Å². The summed E-state index contributed by atoms with van der Waals surface area (Å²) >= 11 is 0. The number of likely N-dealkylation sites (tertiary alicyclic amines) is 1. The fourth-order valence-electron chi connectivity index (χ4n) is 3.32. The Hall–Kier alpha value is -2.12. The van der Waals surface area contributed by atoms with E-state index in [0.29, 0.717) is 12.0 Å². The van der Waals surface area contributed by atoms with E-state index in [0.717, 1.165) is 58.7 Å². The SMILES string of the molecule is CCOCCCNC(=NCC(=O)N(C)C)NC1CCCN(Cc2ccccc2)C1. The van der Waals surface area contributed by atoms with Crippen LogP contribution >= 0.6 is 0 Å². The lowest BCUT2D eigenvalue weighted by molar-refractivity contribution is -0.127. The molecular formula is C22H37N5O2. The van der Waals surface area contributed by atoms with Gasteiger partial charge >= 0.3 is 0 Å². The molecule has 0 spiro atoms. The first-order valence-electron chi connectivity index (χ1n) is 10.7. The van der Waals surface area contributed by atoms with Crippen LogP contribution in [0.15, 0.2) is 35.3 Å². The largest absolute Gasteiger partial charge is 0.382 e. The number of likely N-dealkylation sites (N-methyl/N-ethyl adjacent to an activating group) is 1. The van der Waals surface area contributed by atoms with Crippen molar-refractivity contribution in [1.82, 2.24) is 20.4 Å². The van der Waals surface area contributed by atoms with Crippen molar-refractivity contribution >= 4 is 11.9 Å². The Kier molecular flexibility index (Phi) is 10.5. The van der Waals surface area contributed by atoms with Crippen LogP contribution in [0.25, 0.3) is 0 Å². The summed E-state index contributed by atoms with van der Waals surface area (Å²) in [5.41, 5.74) is 1.34. The Morgan fingerprint density at radius 3 is 2.83 bits per heavy atom. The molecule has 1 atom stereocenters. The summed E-state index contributed by atoms with van der Waals surface area (Å²) in [5, 5.41) is 6.90. The van der Waals surface area contributed by atoms with Crippen molar-refractivity contribution in [3.63, 3.8) is 0 Å². The normalized spacial score (nSPS) is 17.8. The maximum atomic E-state index is 11.9. The summed E-state index contributed by atoms with van der Waals surface area (Å²) in [4.78, 5) is 20.5. The quantitative estimate of drug-likeness (QED) is 0.354. The van der Waals surface area contributed by atoms with E-state index in [1.165, 1.54) is 5.56 Å². The second-order valence-electron chi connectivity index (χ2n) is 7.63. The number of aliphatic imine (C=N–C) groups is 1. The Bertz CT molecular complexity index is 621. The summed E-state index contributed by atoms with van der Waals surface area (Å²) in [7, 11) is 3.51. The predicted octanol–water partition coefficient (Wildman–Crippen LogP) is 1.70. The molecule has 162 valence electrons. The van der Waals surface area contributed by atoms with Crippen LogP contribution in [0.3, 0.4) is 0 Å². The Labute approximate surface area is 175 Å². The first kappa shape index (κ1) is 23.2. The summed E-state index contributed by atoms with van der Waals surface area (Å²) < 4.78 is 5.40. The Balaban J connectivity index is 1.89. The van der Waals surface area contributed by atoms with Crippen molar-refractivity contribution in [1.29, 1.82) is 0 Å². The number of carbonyl (C=O) groups is 1. The molecule has 0 aliphatic carbocycles. The summed E-state index contributed by atoms with van der Waals surface area (Å²) in [6.45, 7) is 7.41. The number of nitrogens with zero attached hydrogens (tertiary/aromatic N) is 3. The van der Waals surface area contributed by atoms with Gasteiger partial charge < -0.3 is 20.3 Å². The second kappa shape index (κ2) is 13.2. The fourth-order valence-corrected chi connectivity index (χ4v) is 3.32. The Morgan fingerprint density at radius 1 is 1.31 bits per heavy atom. The Morgan fingerprint density at radius 2 is 2.10 bits per heavy atom. The number of nitrogens with one attached hydrogen (secondary N) is 2. The third-order valence-electron chi connectivity index (χ3n) is 4.93. The molecule has 0 bridgehead atoms. The summed E-state index contributed by atoms with van der Waals surface area (Å²) in [6.07, 6.45) is 3.16. The topological polar surface area (TPSA) is 69.2 Å². The minimum Gasteiger partial charge on any atom is -0.382 e. The van der Waals surface area contributed by atoms with Gasteiger partial charge in [0.1, 0.15) is 6.54 Å². The van der Waals surface area contributed by atoms with Gasteiger partial charge in [-0.1, -0.05) is 30.3 Å². The fraction of sp³-hybridized carbons (Fsp3) is 0.636. The standard InChI is InChI=1S/C22H37N5O2/c1-4-29-15-9-13-23-22(24-16-21(28)26(2)3)25-20-12-8-14-27(18-20)17-19-10-6-5-7-11-19/h5-7,10-11,20H,4,8-9,12-18H2,1-3H3,(H2,23,24,25). The molecule has 1 fully saturated rings. The van der Waals surface area contributed by atoms with Crippen LogP contribution < -0.4 is 10.6 Å². The van der Waals surface area contributed by atoms with Gasteiger partial charge in [0.2, 0.25) is 5.91 Å². The molecule has 0 radical (unpaired) electrons. The van der Waals surface area contributed by atoms with Crippen LogP contribution in [-0.2, 0) is 16.1 Å². The van der Waals surface area contributed by atoms with Crippen LogP contribution in [0.5, 0.6) is 0 Å². The van der Waals surface area contributed by atoms with Crippen molar-refractivity contribution < 1.29 is 9.53 Å². The number of benzene rings is 1. The molecule has 1 unspecified atom stereocenters. The van der Waals surface area contributed by atoms with E-state index in [1.807, 2.05) is 6.92 Å². The van der Waals surface area contributed by atoms with Gasteiger partial charge in [-0.05, 0) is 38.3 Å². The molecule has 2 rings (SSSR count). The molecule has 7 nitrogen and oxygen atoms in total. The lowest BCUT2D eigenvalue weighted by Gasteiger charge is -2.34. The second-order valence-corrected chi connectivity index (χ2v) is 7.63. The number of amides is 1. The van der Waals surface area contributed by atoms with Crippen molar-refractivity contribution in [2.24, 2.45) is 4.99 Å². The zero-order valence-corrected chi connectivity index (χ0v) is 18.2. The summed E-state index contributed by atoms with van der Waals surface area (Å²) in [5.74, 6) is 0.707. The first-order valence-corrected chi connectivity index (χ1v) is 10.7. The van der Waals surface area contributed by atoms with Crippen LogP contribution in [-0.4, -0.2) is 81.2 Å². The van der Waals surface area contributed by atoms with Gasteiger partial charge in [0, 0.05) is 53.0 Å². The number of hydrogen-bond acceptors (Lipinski definition) is 4. The van der Waals surface area contributed by atoms with Crippen LogP contribution in [0.1, 0.15) is 31.7 Å². The van der Waals surface area contributed by atoms with Crippen LogP contribution in [0.4, 0.5) is 0 Å². The molecule has 1 heterocycles. The van der Waals surface area contributed by atoms with Gasteiger partial charge in [-0.3, -0.25) is 9.69 Å². The molecule has 7 heteroatoms. The highest BCUT2D eigenvalue weighted by atomic mass is 16.5. The molecule has 1 saturated heterocycles. The maximum absolute atomic E-state index is 11.9. The molecule has 1 amide bonds. The highest BCUT2D eigenvalue weighted by Gasteiger charge is 2.21. The molecular weight excluding hydrogens is 366 g/mol. The van der Waals surface area contributed by atoms with Gasteiger partial charge in [-0.25, -0.2) is 4.99 Å². The smallest absolute Gasteiger partial charge is 0.243 e. The predicted molar refractivity (Wildman–Crippen MR) is 118 cm³/mol. The van der Waals surface area contributed by atoms with Gasteiger partial charge in [0.15, 0.2) is 5.96 Å². The van der Waals surface area contributed by atoms with E-state index in [2.05, 4.69) is 50.9 Å². The average molecular weight is 404 g/mol. The van der Waals surface area contributed by atoms with Crippen molar-refractivity contribution in [3.8, 4) is 0 Å². The van der Waals surface area contributed by atoms with Gasteiger partial charge in [0.25, 0.3) is 0 Å². The summed E-state index contributed by atoms with van der Waals surface area (Å²) in [6, 6.07) is 10.9. The van der Waals surface area contributed by atoms with E-state index in [1.54, 1.807) is 19.0 Å². The first-order chi connectivity index (χ1) is 14.1. The van der Waals surface area contributed by atoms with Crippen LogP contribution in [0.2, 0.25) is 0 Å². The number of guanidine groups is 1. The zero-order valence-electron chi connectivity index (χ0n) is 18.2. The zero-order chi connectivity index (χ0) is 20.9. The third-order valence-corrected chi connectivity index (χ3v) is 4.93. The number of hydrogen-bond donors (Lipinski definition) is 2. The van der Waals surface area contributed by atoms with Crippen molar-refractivity contribution in [2.45, 2.75) is 38.8 Å². The van der Waals surface area contributed by atoms with E-state index in [4.69, 9.17) is 4.74 Å². The number of carbonyl (C=O) groups excluding carboxylic acids is 1. The van der Waals surface area contributed by atoms with E-state index in [9.17, 15) is 4.79 Å². The number of rotatable bonds is 10. The van der Waals surface area contributed by atoms with Crippen LogP contribution in [0, 0.1) is 0 Å².